The minimum absolute atomic E-state index is 0.158. The highest BCUT2D eigenvalue weighted by Crippen LogP contribution is 2.39. The Bertz CT molecular complexity index is 630. The third-order valence-electron chi connectivity index (χ3n) is 3.27. The summed E-state index contributed by atoms with van der Waals surface area (Å²) in [4.78, 5) is 12.4. The van der Waals surface area contributed by atoms with Gasteiger partial charge in [-0.25, -0.2) is 4.39 Å². The topological polar surface area (TPSA) is 44.8 Å². The number of halogens is 1. The Morgan fingerprint density at radius 2 is 1.50 bits per heavy atom. The highest BCUT2D eigenvalue weighted by Gasteiger charge is 2.24. The van der Waals surface area contributed by atoms with Crippen LogP contribution in [0.15, 0.2) is 42.5 Å². The molecule has 0 saturated heterocycles. The fourth-order valence-electron chi connectivity index (χ4n) is 2.14. The third kappa shape index (κ3) is 3.03. The number of alkyl halides is 1. The molecule has 0 fully saturated rings. The van der Waals surface area contributed by atoms with E-state index < -0.39 is 12.0 Å². The number of carbonyl (C=O) groups is 1. The van der Waals surface area contributed by atoms with Crippen molar-refractivity contribution in [3.8, 4) is 17.2 Å². The lowest BCUT2D eigenvalue weighted by atomic mass is 10.0. The second-order valence-corrected chi connectivity index (χ2v) is 4.55. The molecular weight excluding hydrogens is 287 g/mol. The molecule has 1 atom stereocenters. The van der Waals surface area contributed by atoms with Crippen LogP contribution in [0, 0.1) is 0 Å². The molecule has 0 heterocycles. The van der Waals surface area contributed by atoms with Gasteiger partial charge in [0.1, 0.15) is 0 Å². The minimum Gasteiger partial charge on any atom is -0.493 e. The molecular formula is C17H17FO4. The van der Waals surface area contributed by atoms with Crippen LogP contribution in [0.3, 0.4) is 0 Å². The first-order valence-electron chi connectivity index (χ1n) is 6.65. The number of ketones is 1. The van der Waals surface area contributed by atoms with Crippen molar-refractivity contribution >= 4 is 5.78 Å². The summed E-state index contributed by atoms with van der Waals surface area (Å²) in [5, 5.41) is 0. The Balaban J connectivity index is 2.41. The molecule has 22 heavy (non-hydrogen) atoms. The van der Waals surface area contributed by atoms with Crippen LogP contribution in [0.25, 0.3) is 0 Å². The molecule has 0 aliphatic rings. The predicted octanol–water partition coefficient (Wildman–Crippen LogP) is 3.61. The van der Waals surface area contributed by atoms with Gasteiger partial charge in [-0.2, -0.15) is 0 Å². The molecule has 2 rings (SSSR count). The fourth-order valence-corrected chi connectivity index (χ4v) is 2.14. The molecule has 5 heteroatoms. The molecule has 0 aliphatic heterocycles. The van der Waals surface area contributed by atoms with Gasteiger partial charge in [0, 0.05) is 5.56 Å². The second-order valence-electron chi connectivity index (χ2n) is 4.55. The Morgan fingerprint density at radius 1 is 0.955 bits per heavy atom. The summed E-state index contributed by atoms with van der Waals surface area (Å²) < 4.78 is 29.9. The number of hydrogen-bond acceptors (Lipinski definition) is 4. The maximum absolute atomic E-state index is 14.4. The van der Waals surface area contributed by atoms with E-state index in [4.69, 9.17) is 14.2 Å². The monoisotopic (exact) mass is 304 g/mol. The molecule has 0 radical (unpaired) electrons. The Labute approximate surface area is 128 Å². The molecule has 0 bridgehead atoms. The first-order chi connectivity index (χ1) is 10.6. The molecule has 0 spiro atoms. The van der Waals surface area contributed by atoms with Gasteiger partial charge >= 0.3 is 0 Å². The van der Waals surface area contributed by atoms with E-state index in [1.807, 2.05) is 0 Å². The quantitative estimate of drug-likeness (QED) is 0.765. The minimum atomic E-state index is -1.75. The summed E-state index contributed by atoms with van der Waals surface area (Å²) in [5.41, 5.74) is 0.465. The van der Waals surface area contributed by atoms with Gasteiger partial charge in [0.15, 0.2) is 17.7 Å². The van der Waals surface area contributed by atoms with Gasteiger partial charge < -0.3 is 14.2 Å². The van der Waals surface area contributed by atoms with Gasteiger partial charge in [-0.05, 0) is 17.7 Å². The standard InChI is InChI=1S/C17H17FO4/c1-20-13-9-12(10-14(21-2)17(13)22-3)16(19)15(18)11-7-5-4-6-8-11/h4-10,15H,1-3H3/t15-/m0/s1. The zero-order valence-electron chi connectivity index (χ0n) is 12.6. The van der Waals surface area contributed by atoms with Crippen molar-refractivity contribution < 1.29 is 23.4 Å². The summed E-state index contributed by atoms with van der Waals surface area (Å²) >= 11 is 0. The van der Waals surface area contributed by atoms with Crippen molar-refractivity contribution in [2.75, 3.05) is 21.3 Å². The van der Waals surface area contributed by atoms with Crippen molar-refractivity contribution in [2.24, 2.45) is 0 Å². The van der Waals surface area contributed by atoms with Crippen LogP contribution >= 0.6 is 0 Å². The van der Waals surface area contributed by atoms with E-state index in [0.29, 0.717) is 22.8 Å². The first kappa shape index (κ1) is 15.8. The largest absolute Gasteiger partial charge is 0.493 e. The van der Waals surface area contributed by atoms with Crippen LogP contribution in [0.4, 0.5) is 4.39 Å². The Hall–Kier alpha value is -2.56. The molecule has 2 aromatic carbocycles. The molecule has 0 N–H and O–H groups in total. The average Bonchev–Trinajstić information content (AvgIpc) is 2.59. The van der Waals surface area contributed by atoms with Crippen molar-refractivity contribution in [3.05, 3.63) is 53.6 Å². The maximum Gasteiger partial charge on any atom is 0.203 e. The van der Waals surface area contributed by atoms with Crippen molar-refractivity contribution in [3.63, 3.8) is 0 Å². The van der Waals surface area contributed by atoms with Crippen molar-refractivity contribution in [1.29, 1.82) is 0 Å². The van der Waals surface area contributed by atoms with Crippen LogP contribution < -0.4 is 14.2 Å². The van der Waals surface area contributed by atoms with E-state index in [1.54, 1.807) is 30.3 Å². The van der Waals surface area contributed by atoms with E-state index >= 15 is 0 Å². The predicted molar refractivity (Wildman–Crippen MR) is 80.7 cm³/mol. The number of hydrogen-bond donors (Lipinski definition) is 0. The second kappa shape index (κ2) is 6.93. The number of methoxy groups -OCH3 is 3. The van der Waals surface area contributed by atoms with E-state index in [2.05, 4.69) is 0 Å². The fraction of sp³-hybridized carbons (Fsp3) is 0.235. The van der Waals surface area contributed by atoms with Crippen LogP contribution in [0.2, 0.25) is 0 Å². The summed E-state index contributed by atoms with van der Waals surface area (Å²) in [5.74, 6) is 0.318. The maximum atomic E-state index is 14.4. The lowest BCUT2D eigenvalue weighted by Crippen LogP contribution is -2.09. The lowest BCUT2D eigenvalue weighted by Gasteiger charge is -2.14. The zero-order chi connectivity index (χ0) is 16.1. The van der Waals surface area contributed by atoms with Crippen molar-refractivity contribution in [2.45, 2.75) is 6.17 Å². The van der Waals surface area contributed by atoms with E-state index in [0.717, 1.165) is 0 Å². The van der Waals surface area contributed by atoms with E-state index in [9.17, 15) is 9.18 Å². The molecule has 0 aromatic heterocycles. The number of benzene rings is 2. The summed E-state index contributed by atoms with van der Waals surface area (Å²) in [7, 11) is 4.34. The van der Waals surface area contributed by atoms with Gasteiger partial charge in [-0.15, -0.1) is 0 Å². The normalized spacial score (nSPS) is 11.6. The molecule has 0 unspecified atom stereocenters. The number of ether oxygens (including phenoxy) is 3. The third-order valence-corrected chi connectivity index (χ3v) is 3.27. The van der Waals surface area contributed by atoms with Gasteiger partial charge in [0.05, 0.1) is 21.3 Å². The van der Waals surface area contributed by atoms with E-state index in [1.165, 1.54) is 33.5 Å². The Morgan fingerprint density at radius 3 is 1.95 bits per heavy atom. The molecule has 2 aromatic rings. The SMILES string of the molecule is COc1cc(C(=O)[C@@H](F)c2ccccc2)cc(OC)c1OC. The van der Waals surface area contributed by atoms with Crippen molar-refractivity contribution in [1.82, 2.24) is 0 Å². The first-order valence-corrected chi connectivity index (χ1v) is 6.65. The van der Waals surface area contributed by atoms with Crippen LogP contribution in [0.1, 0.15) is 22.1 Å². The molecule has 0 amide bonds. The highest BCUT2D eigenvalue weighted by molar-refractivity contribution is 6.01. The molecule has 0 saturated carbocycles. The van der Waals surface area contributed by atoms with Gasteiger partial charge in [0.25, 0.3) is 0 Å². The van der Waals surface area contributed by atoms with Gasteiger partial charge in [-0.1, -0.05) is 30.3 Å². The molecule has 4 nitrogen and oxygen atoms in total. The van der Waals surface area contributed by atoms with Gasteiger partial charge in [-0.3, -0.25) is 4.79 Å². The summed E-state index contributed by atoms with van der Waals surface area (Å²) in [6.07, 6.45) is -1.75. The van der Waals surface area contributed by atoms with Crippen LogP contribution in [0.5, 0.6) is 17.2 Å². The summed E-state index contributed by atoms with van der Waals surface area (Å²) in [6, 6.07) is 11.2. The van der Waals surface area contributed by atoms with Crippen LogP contribution in [-0.2, 0) is 0 Å². The number of carbonyl (C=O) groups excluding carboxylic acids is 1. The summed E-state index contributed by atoms with van der Waals surface area (Å²) in [6.45, 7) is 0. The zero-order valence-corrected chi connectivity index (χ0v) is 12.6. The highest BCUT2D eigenvalue weighted by atomic mass is 19.1. The van der Waals surface area contributed by atoms with Crippen LogP contribution in [-0.4, -0.2) is 27.1 Å². The smallest absolute Gasteiger partial charge is 0.203 e. The van der Waals surface area contributed by atoms with E-state index in [-0.39, 0.29) is 5.56 Å². The van der Waals surface area contributed by atoms with Gasteiger partial charge in [0.2, 0.25) is 11.5 Å². The molecule has 0 aliphatic carbocycles. The number of Topliss-reactive ketones (excluding diaryl/α,β-unsaturated/α-hetero) is 1. The Kier molecular flexibility index (Phi) is 4.99. The number of rotatable bonds is 6. The molecule has 116 valence electrons. The average molecular weight is 304 g/mol. The lowest BCUT2D eigenvalue weighted by molar-refractivity contribution is 0.0877.